The first-order valence-electron chi connectivity index (χ1n) is 8.94. The molecule has 0 unspecified atom stereocenters. The van der Waals surface area contributed by atoms with Crippen LogP contribution in [0, 0.1) is 12.7 Å². The quantitative estimate of drug-likeness (QED) is 0.727. The molecule has 4 nitrogen and oxygen atoms in total. The van der Waals surface area contributed by atoms with Crippen molar-refractivity contribution in [2.24, 2.45) is 0 Å². The fourth-order valence-electron chi connectivity index (χ4n) is 3.81. The Hall–Kier alpha value is -2.40. The molecule has 2 heterocycles. The molecule has 1 fully saturated rings. The van der Waals surface area contributed by atoms with Gasteiger partial charge in [0, 0.05) is 36.5 Å². The molecule has 0 saturated carbocycles. The van der Waals surface area contributed by atoms with E-state index in [0.717, 1.165) is 5.56 Å². The number of ether oxygens (including phenoxy) is 1. The Morgan fingerprint density at radius 1 is 1.22 bits per heavy atom. The van der Waals surface area contributed by atoms with Crippen molar-refractivity contribution in [1.82, 2.24) is 4.90 Å². The monoisotopic (exact) mass is 387 g/mol. The number of amides is 1. The number of hydrogen-bond acceptors (Lipinski definition) is 3. The lowest BCUT2D eigenvalue weighted by atomic mass is 9.82. The van der Waals surface area contributed by atoms with E-state index in [-0.39, 0.29) is 18.1 Å². The lowest BCUT2D eigenvalue weighted by molar-refractivity contribution is -0.00574. The van der Waals surface area contributed by atoms with Crippen LogP contribution < -0.4 is 4.74 Å². The second-order valence-corrected chi connectivity index (χ2v) is 7.69. The summed E-state index contributed by atoms with van der Waals surface area (Å²) in [5, 5.41) is 0.553. The number of carbonyl (C=O) groups excluding carboxylic acids is 2. The summed E-state index contributed by atoms with van der Waals surface area (Å²) in [7, 11) is 0. The molecule has 4 rings (SSSR count). The van der Waals surface area contributed by atoms with Gasteiger partial charge < -0.3 is 9.64 Å². The Kier molecular flexibility index (Phi) is 4.42. The third-order valence-corrected chi connectivity index (χ3v) is 5.81. The summed E-state index contributed by atoms with van der Waals surface area (Å²) in [5.74, 6) is -0.0446. The summed E-state index contributed by atoms with van der Waals surface area (Å²) in [6.45, 7) is 2.80. The summed E-state index contributed by atoms with van der Waals surface area (Å²) in [5.41, 5.74) is 1.12. The number of aryl methyl sites for hydroxylation is 1. The smallest absolute Gasteiger partial charge is 0.253 e. The van der Waals surface area contributed by atoms with Crippen molar-refractivity contribution < 1.29 is 18.7 Å². The summed E-state index contributed by atoms with van der Waals surface area (Å²) in [6.07, 6.45) is 1.39. The van der Waals surface area contributed by atoms with Crippen molar-refractivity contribution in [2.45, 2.75) is 31.8 Å². The molecular weight excluding hydrogens is 369 g/mol. The third kappa shape index (κ3) is 3.32. The SMILES string of the molecule is Cc1cc2c(cc1Cl)C(=O)CC1(CCN(C(=O)c3cccc(F)c3)CC1)O2. The van der Waals surface area contributed by atoms with Crippen LogP contribution in [0.25, 0.3) is 0 Å². The maximum absolute atomic E-state index is 13.4. The number of piperidine rings is 1. The van der Waals surface area contributed by atoms with Crippen LogP contribution in [-0.2, 0) is 0 Å². The van der Waals surface area contributed by atoms with E-state index in [9.17, 15) is 14.0 Å². The first-order valence-corrected chi connectivity index (χ1v) is 9.32. The molecule has 2 aromatic carbocycles. The maximum atomic E-state index is 13.4. The topological polar surface area (TPSA) is 46.6 Å². The lowest BCUT2D eigenvalue weighted by Gasteiger charge is -2.44. The number of benzene rings is 2. The molecular formula is C21H19ClFNO3. The Morgan fingerprint density at radius 2 is 1.96 bits per heavy atom. The molecule has 1 saturated heterocycles. The Labute approximate surface area is 161 Å². The number of carbonyl (C=O) groups is 2. The average molecular weight is 388 g/mol. The van der Waals surface area contributed by atoms with E-state index in [4.69, 9.17) is 16.3 Å². The van der Waals surface area contributed by atoms with Crippen LogP contribution in [0.3, 0.4) is 0 Å². The van der Waals surface area contributed by atoms with Crippen molar-refractivity contribution in [3.63, 3.8) is 0 Å². The highest BCUT2D eigenvalue weighted by atomic mass is 35.5. The van der Waals surface area contributed by atoms with Crippen molar-refractivity contribution in [2.75, 3.05) is 13.1 Å². The predicted molar refractivity (Wildman–Crippen MR) is 100 cm³/mol. The molecule has 0 radical (unpaired) electrons. The second kappa shape index (κ2) is 6.64. The van der Waals surface area contributed by atoms with Gasteiger partial charge in [0.2, 0.25) is 0 Å². The van der Waals surface area contributed by atoms with Crippen LogP contribution in [0.15, 0.2) is 36.4 Å². The van der Waals surface area contributed by atoms with Gasteiger partial charge in [-0.2, -0.15) is 0 Å². The number of halogens is 2. The van der Waals surface area contributed by atoms with Gasteiger partial charge in [-0.15, -0.1) is 0 Å². The maximum Gasteiger partial charge on any atom is 0.253 e. The summed E-state index contributed by atoms with van der Waals surface area (Å²) >= 11 is 6.13. The van der Waals surface area contributed by atoms with E-state index >= 15 is 0 Å². The van der Waals surface area contributed by atoms with Gasteiger partial charge in [-0.3, -0.25) is 9.59 Å². The highest BCUT2D eigenvalue weighted by molar-refractivity contribution is 6.31. The van der Waals surface area contributed by atoms with Crippen LogP contribution in [0.2, 0.25) is 5.02 Å². The largest absolute Gasteiger partial charge is 0.486 e. The number of likely N-dealkylation sites (tertiary alicyclic amines) is 1. The molecule has 1 spiro atoms. The lowest BCUT2D eigenvalue weighted by Crippen LogP contribution is -2.52. The van der Waals surface area contributed by atoms with Crippen LogP contribution >= 0.6 is 11.6 Å². The molecule has 140 valence electrons. The van der Waals surface area contributed by atoms with Crippen molar-refractivity contribution >= 4 is 23.3 Å². The van der Waals surface area contributed by atoms with Crippen LogP contribution in [0.5, 0.6) is 5.75 Å². The summed E-state index contributed by atoms with van der Waals surface area (Å²) < 4.78 is 19.6. The Morgan fingerprint density at radius 3 is 2.67 bits per heavy atom. The van der Waals surface area contributed by atoms with E-state index in [1.807, 2.05) is 6.92 Å². The van der Waals surface area contributed by atoms with Crippen molar-refractivity contribution in [3.8, 4) is 5.75 Å². The zero-order valence-corrected chi connectivity index (χ0v) is 15.7. The van der Waals surface area contributed by atoms with Gasteiger partial charge in [-0.25, -0.2) is 4.39 Å². The van der Waals surface area contributed by atoms with E-state index in [2.05, 4.69) is 0 Å². The van der Waals surface area contributed by atoms with Gasteiger partial charge in [0.15, 0.2) is 5.78 Å². The number of Topliss-reactive ketones (excluding diaryl/α,β-unsaturated/α-hetero) is 1. The molecule has 0 bridgehead atoms. The van der Waals surface area contributed by atoms with Gasteiger partial charge in [-0.05, 0) is 42.8 Å². The number of nitrogens with zero attached hydrogens (tertiary/aromatic N) is 1. The highest BCUT2D eigenvalue weighted by Crippen LogP contribution is 2.41. The van der Waals surface area contributed by atoms with Crippen molar-refractivity contribution in [3.05, 3.63) is 63.9 Å². The molecule has 0 aromatic heterocycles. The molecule has 0 N–H and O–H groups in total. The minimum Gasteiger partial charge on any atom is -0.486 e. The normalized spacial score (nSPS) is 18.2. The molecule has 1 amide bonds. The minimum atomic E-state index is -0.594. The van der Waals surface area contributed by atoms with Gasteiger partial charge in [0.25, 0.3) is 5.91 Å². The second-order valence-electron chi connectivity index (χ2n) is 7.29. The van der Waals surface area contributed by atoms with E-state index in [0.29, 0.717) is 47.8 Å². The molecule has 0 aliphatic carbocycles. The molecule has 2 aliphatic rings. The van der Waals surface area contributed by atoms with Crippen LogP contribution in [0.4, 0.5) is 4.39 Å². The number of hydrogen-bond donors (Lipinski definition) is 0. The van der Waals surface area contributed by atoms with Gasteiger partial charge in [0.05, 0.1) is 12.0 Å². The van der Waals surface area contributed by atoms with Crippen LogP contribution in [-0.4, -0.2) is 35.3 Å². The Balaban J connectivity index is 1.51. The van der Waals surface area contributed by atoms with E-state index in [1.54, 1.807) is 23.1 Å². The fourth-order valence-corrected chi connectivity index (χ4v) is 3.98. The number of ketones is 1. The fraction of sp³-hybridized carbons (Fsp3) is 0.333. The van der Waals surface area contributed by atoms with E-state index in [1.165, 1.54) is 18.2 Å². The highest BCUT2D eigenvalue weighted by Gasteiger charge is 2.44. The first kappa shape index (κ1) is 18.0. The summed E-state index contributed by atoms with van der Waals surface area (Å²) in [4.78, 5) is 26.9. The molecule has 2 aliphatic heterocycles. The van der Waals surface area contributed by atoms with Gasteiger partial charge >= 0.3 is 0 Å². The minimum absolute atomic E-state index is 0.0167. The number of fused-ring (bicyclic) bond motifs is 1. The zero-order valence-electron chi connectivity index (χ0n) is 14.9. The molecule has 6 heteroatoms. The molecule has 27 heavy (non-hydrogen) atoms. The predicted octanol–water partition coefficient (Wildman–Crippen LogP) is 4.43. The van der Waals surface area contributed by atoms with Gasteiger partial charge in [0.1, 0.15) is 17.2 Å². The van der Waals surface area contributed by atoms with Crippen LogP contribution in [0.1, 0.15) is 45.5 Å². The standard InChI is InChI=1S/C21H19ClFNO3/c1-13-9-19-16(11-17(13)22)18(25)12-21(27-19)5-7-24(8-6-21)20(26)14-3-2-4-15(23)10-14/h2-4,9-11H,5-8,12H2,1H3. The number of rotatable bonds is 1. The summed E-state index contributed by atoms with van der Waals surface area (Å²) in [6, 6.07) is 9.18. The molecule has 2 aromatic rings. The van der Waals surface area contributed by atoms with Gasteiger partial charge in [-0.1, -0.05) is 17.7 Å². The zero-order chi connectivity index (χ0) is 19.2. The third-order valence-electron chi connectivity index (χ3n) is 5.40. The van der Waals surface area contributed by atoms with E-state index < -0.39 is 11.4 Å². The average Bonchev–Trinajstić information content (AvgIpc) is 2.64. The molecule has 0 atom stereocenters. The van der Waals surface area contributed by atoms with Crippen molar-refractivity contribution in [1.29, 1.82) is 0 Å². The Bertz CT molecular complexity index is 935. The first-order chi connectivity index (χ1) is 12.9.